The number of amides is 1. The van der Waals surface area contributed by atoms with E-state index >= 15 is 0 Å². The van der Waals surface area contributed by atoms with Gasteiger partial charge in [-0.25, -0.2) is 5.43 Å². The fourth-order valence-electron chi connectivity index (χ4n) is 2.39. The van der Waals surface area contributed by atoms with Crippen LogP contribution in [0.25, 0.3) is 10.8 Å². The number of carbonyl (C=O) groups excluding carboxylic acids is 1. The van der Waals surface area contributed by atoms with Crippen LogP contribution in [0.4, 0.5) is 0 Å². The largest absolute Gasteiger partial charge is 0.483 e. The van der Waals surface area contributed by atoms with Crippen LogP contribution in [0.3, 0.4) is 0 Å². The molecule has 1 N–H and O–H groups in total. The summed E-state index contributed by atoms with van der Waals surface area (Å²) in [7, 11) is 0. The lowest BCUT2D eigenvalue weighted by atomic mass is 10.0. The van der Waals surface area contributed by atoms with Gasteiger partial charge in [0.25, 0.3) is 5.91 Å². The second-order valence-electron chi connectivity index (χ2n) is 5.66. The van der Waals surface area contributed by atoms with Crippen LogP contribution in [0, 0.1) is 0 Å². The lowest BCUT2D eigenvalue weighted by Crippen LogP contribution is -2.25. The minimum Gasteiger partial charge on any atom is -0.483 e. The number of hydrogen-bond acceptors (Lipinski definition) is 3. The third kappa shape index (κ3) is 4.62. The van der Waals surface area contributed by atoms with Crippen molar-refractivity contribution >= 4 is 49.9 Å². The van der Waals surface area contributed by atoms with Gasteiger partial charge in [-0.3, -0.25) is 4.79 Å². The second-order valence-corrected chi connectivity index (χ2v) is 6.95. The molecule has 4 nitrogen and oxygen atoms in total. The van der Waals surface area contributed by atoms with Crippen LogP contribution < -0.4 is 10.2 Å². The van der Waals surface area contributed by atoms with E-state index < -0.39 is 0 Å². The first-order valence-electron chi connectivity index (χ1n) is 7.93. The Morgan fingerprint density at radius 2 is 1.88 bits per heavy atom. The molecule has 0 radical (unpaired) electrons. The molecular formula is C20H16BrClN2O2. The van der Waals surface area contributed by atoms with Crippen molar-refractivity contribution in [3.63, 3.8) is 0 Å². The van der Waals surface area contributed by atoms with Crippen LogP contribution in [0.5, 0.6) is 5.75 Å². The number of nitrogens with zero attached hydrogens (tertiary/aromatic N) is 1. The van der Waals surface area contributed by atoms with E-state index in [9.17, 15) is 4.79 Å². The van der Waals surface area contributed by atoms with Crippen LogP contribution in [0.15, 0.2) is 70.2 Å². The van der Waals surface area contributed by atoms with Gasteiger partial charge < -0.3 is 4.74 Å². The quantitative estimate of drug-likeness (QED) is 0.447. The number of hydrazone groups is 1. The van der Waals surface area contributed by atoms with Gasteiger partial charge in [-0.2, -0.15) is 5.10 Å². The SMILES string of the molecule is C/C(=N/NC(=O)COc1ccc(Cl)cc1Br)c1ccc2ccccc2c1. The predicted octanol–water partition coefficient (Wildman–Crippen LogP) is 5.17. The minimum absolute atomic E-state index is 0.144. The molecule has 0 unspecified atom stereocenters. The fourth-order valence-corrected chi connectivity index (χ4v) is 3.19. The van der Waals surface area contributed by atoms with Crippen molar-refractivity contribution < 1.29 is 9.53 Å². The van der Waals surface area contributed by atoms with E-state index in [4.69, 9.17) is 16.3 Å². The molecule has 3 aromatic rings. The molecule has 0 aliphatic carbocycles. The summed E-state index contributed by atoms with van der Waals surface area (Å²) in [6, 6.07) is 19.3. The van der Waals surface area contributed by atoms with Crippen molar-refractivity contribution in [1.82, 2.24) is 5.43 Å². The molecule has 132 valence electrons. The Kier molecular flexibility index (Phi) is 5.91. The normalized spacial score (nSPS) is 11.4. The number of benzene rings is 3. The van der Waals surface area contributed by atoms with Gasteiger partial charge in [0.15, 0.2) is 6.61 Å². The van der Waals surface area contributed by atoms with Gasteiger partial charge in [0.2, 0.25) is 0 Å². The van der Waals surface area contributed by atoms with Crippen molar-refractivity contribution in [3.05, 3.63) is 75.7 Å². The van der Waals surface area contributed by atoms with Crippen LogP contribution in [-0.2, 0) is 4.79 Å². The van der Waals surface area contributed by atoms with Gasteiger partial charge in [0.05, 0.1) is 10.2 Å². The lowest BCUT2D eigenvalue weighted by molar-refractivity contribution is -0.123. The highest BCUT2D eigenvalue weighted by atomic mass is 79.9. The number of carbonyl (C=O) groups is 1. The van der Waals surface area contributed by atoms with Gasteiger partial charge in [-0.15, -0.1) is 0 Å². The first-order valence-corrected chi connectivity index (χ1v) is 9.10. The standard InChI is InChI=1S/C20H16BrClN2O2/c1-13(15-7-6-14-4-2-3-5-16(14)10-15)23-24-20(25)12-26-19-9-8-17(22)11-18(19)21/h2-11H,12H2,1H3,(H,24,25)/b23-13-. The number of nitrogens with one attached hydrogen (secondary N) is 1. The minimum atomic E-state index is -0.341. The molecule has 0 aliphatic rings. The van der Waals surface area contributed by atoms with E-state index in [0.29, 0.717) is 15.2 Å². The Bertz CT molecular complexity index is 988. The van der Waals surface area contributed by atoms with Crippen LogP contribution in [0.2, 0.25) is 5.02 Å². The van der Waals surface area contributed by atoms with E-state index in [0.717, 1.165) is 22.0 Å². The average molecular weight is 432 g/mol. The number of rotatable bonds is 5. The molecule has 0 atom stereocenters. The zero-order valence-electron chi connectivity index (χ0n) is 14.0. The zero-order valence-corrected chi connectivity index (χ0v) is 16.3. The van der Waals surface area contributed by atoms with E-state index in [1.54, 1.807) is 18.2 Å². The summed E-state index contributed by atoms with van der Waals surface area (Å²) in [5, 5.41) is 7.03. The summed E-state index contributed by atoms with van der Waals surface area (Å²) in [5.41, 5.74) is 4.18. The van der Waals surface area contributed by atoms with Crippen LogP contribution in [0.1, 0.15) is 12.5 Å². The summed E-state index contributed by atoms with van der Waals surface area (Å²) in [6.07, 6.45) is 0. The number of ether oxygens (including phenoxy) is 1. The molecule has 0 saturated carbocycles. The van der Waals surface area contributed by atoms with Gasteiger partial charge in [-0.1, -0.05) is 48.0 Å². The molecule has 6 heteroatoms. The molecule has 0 heterocycles. The Morgan fingerprint density at radius 1 is 1.12 bits per heavy atom. The van der Waals surface area contributed by atoms with Crippen LogP contribution >= 0.6 is 27.5 Å². The Balaban J connectivity index is 1.61. The summed E-state index contributed by atoms with van der Waals surface area (Å²) >= 11 is 9.22. The van der Waals surface area contributed by atoms with Crippen molar-refractivity contribution in [1.29, 1.82) is 0 Å². The van der Waals surface area contributed by atoms with E-state index in [2.05, 4.69) is 32.5 Å². The molecule has 3 aromatic carbocycles. The highest BCUT2D eigenvalue weighted by molar-refractivity contribution is 9.10. The fraction of sp³-hybridized carbons (Fsp3) is 0.100. The lowest BCUT2D eigenvalue weighted by Gasteiger charge is -2.08. The third-order valence-electron chi connectivity index (χ3n) is 3.77. The summed E-state index contributed by atoms with van der Waals surface area (Å²) < 4.78 is 6.15. The molecule has 0 spiro atoms. The van der Waals surface area contributed by atoms with Crippen molar-refractivity contribution in [3.8, 4) is 5.75 Å². The van der Waals surface area contributed by atoms with Crippen LogP contribution in [-0.4, -0.2) is 18.2 Å². The summed E-state index contributed by atoms with van der Waals surface area (Å²) in [6.45, 7) is 1.70. The summed E-state index contributed by atoms with van der Waals surface area (Å²) in [5.74, 6) is 0.201. The Labute approximate surface area is 164 Å². The van der Waals surface area contributed by atoms with E-state index in [1.165, 1.54) is 0 Å². The molecule has 26 heavy (non-hydrogen) atoms. The van der Waals surface area contributed by atoms with Crippen molar-refractivity contribution in [2.45, 2.75) is 6.92 Å². The van der Waals surface area contributed by atoms with Gasteiger partial charge in [-0.05, 0) is 63.5 Å². The predicted molar refractivity (Wildman–Crippen MR) is 109 cm³/mol. The molecular weight excluding hydrogens is 416 g/mol. The average Bonchev–Trinajstić information content (AvgIpc) is 2.65. The highest BCUT2D eigenvalue weighted by Gasteiger charge is 2.06. The first kappa shape index (κ1) is 18.4. The second kappa shape index (κ2) is 8.34. The maximum absolute atomic E-state index is 12.0. The van der Waals surface area contributed by atoms with E-state index in [-0.39, 0.29) is 12.5 Å². The summed E-state index contributed by atoms with van der Waals surface area (Å²) in [4.78, 5) is 12.0. The molecule has 0 bridgehead atoms. The molecule has 3 rings (SSSR count). The van der Waals surface area contributed by atoms with Gasteiger partial charge >= 0.3 is 0 Å². The number of fused-ring (bicyclic) bond motifs is 1. The number of hydrogen-bond donors (Lipinski definition) is 1. The molecule has 1 amide bonds. The maximum atomic E-state index is 12.0. The maximum Gasteiger partial charge on any atom is 0.277 e. The third-order valence-corrected chi connectivity index (χ3v) is 4.62. The Morgan fingerprint density at radius 3 is 2.65 bits per heavy atom. The van der Waals surface area contributed by atoms with Crippen molar-refractivity contribution in [2.24, 2.45) is 5.10 Å². The number of halogens is 2. The smallest absolute Gasteiger partial charge is 0.277 e. The van der Waals surface area contributed by atoms with Gasteiger partial charge in [0, 0.05) is 5.02 Å². The first-order chi connectivity index (χ1) is 12.5. The Hall–Kier alpha value is -2.37. The van der Waals surface area contributed by atoms with Crippen molar-refractivity contribution in [2.75, 3.05) is 6.61 Å². The monoisotopic (exact) mass is 430 g/mol. The topological polar surface area (TPSA) is 50.7 Å². The molecule has 0 fully saturated rings. The highest BCUT2D eigenvalue weighted by Crippen LogP contribution is 2.27. The van der Waals surface area contributed by atoms with E-state index in [1.807, 2.05) is 43.3 Å². The molecule has 0 aromatic heterocycles. The van der Waals surface area contributed by atoms with Gasteiger partial charge in [0.1, 0.15) is 5.75 Å². The molecule has 0 aliphatic heterocycles. The zero-order chi connectivity index (χ0) is 18.5. The molecule has 0 saturated heterocycles.